The first kappa shape index (κ1) is 19.8. The molecule has 0 aromatic heterocycles. The van der Waals surface area contributed by atoms with E-state index in [1.165, 1.54) is 24.3 Å². The molecule has 0 fully saturated rings. The monoisotopic (exact) mass is 431 g/mol. The summed E-state index contributed by atoms with van der Waals surface area (Å²) < 4.78 is 66.7. The van der Waals surface area contributed by atoms with Crippen LogP contribution in [0, 0.1) is 0 Å². The summed E-state index contributed by atoms with van der Waals surface area (Å²) in [5.74, 6) is -1.15. The van der Waals surface area contributed by atoms with E-state index in [-0.39, 0.29) is 27.9 Å². The molecule has 152 valence electrons. The number of benzene rings is 3. The Balaban J connectivity index is 1.81. The molecule has 0 bridgehead atoms. The van der Waals surface area contributed by atoms with Gasteiger partial charge in [-0.15, -0.1) is 0 Å². The number of fused-ring (bicyclic) bond motifs is 2. The van der Waals surface area contributed by atoms with Gasteiger partial charge in [-0.25, -0.2) is 8.42 Å². The number of halogens is 3. The Morgan fingerprint density at radius 3 is 2.00 bits per heavy atom. The van der Waals surface area contributed by atoms with Crippen LogP contribution in [-0.4, -0.2) is 20.0 Å². The molecule has 0 aliphatic heterocycles. The molecule has 1 N–H and O–H groups in total. The van der Waals surface area contributed by atoms with Crippen LogP contribution < -0.4 is 4.72 Å². The number of nitrogens with one attached hydrogen (secondary N) is 1. The highest BCUT2D eigenvalue weighted by Crippen LogP contribution is 2.34. The Morgan fingerprint density at radius 2 is 1.33 bits per heavy atom. The Morgan fingerprint density at radius 1 is 0.733 bits per heavy atom. The van der Waals surface area contributed by atoms with Gasteiger partial charge < -0.3 is 0 Å². The molecule has 3 aromatic rings. The quantitative estimate of drug-likeness (QED) is 0.525. The van der Waals surface area contributed by atoms with Crippen LogP contribution >= 0.6 is 0 Å². The highest BCUT2D eigenvalue weighted by atomic mass is 32.2. The van der Waals surface area contributed by atoms with Gasteiger partial charge in [0, 0.05) is 22.4 Å². The fourth-order valence-corrected chi connectivity index (χ4v) is 4.58. The first-order valence-corrected chi connectivity index (χ1v) is 10.1. The number of hydrogen-bond acceptors (Lipinski definition) is 4. The molecule has 0 radical (unpaired) electrons. The van der Waals surface area contributed by atoms with Gasteiger partial charge in [0.15, 0.2) is 11.6 Å². The number of ketones is 2. The number of rotatable bonds is 3. The summed E-state index contributed by atoms with van der Waals surface area (Å²) >= 11 is 0. The minimum absolute atomic E-state index is 0.0664. The number of hydrogen-bond donors (Lipinski definition) is 1. The fraction of sp³-hybridized carbons (Fsp3) is 0.0476. The summed E-state index contributed by atoms with van der Waals surface area (Å²) in [6, 6.07) is 13.5. The largest absolute Gasteiger partial charge is 0.416 e. The molecule has 0 saturated heterocycles. The van der Waals surface area contributed by atoms with Crippen molar-refractivity contribution in [1.82, 2.24) is 0 Å². The molecule has 1 aliphatic rings. The first-order chi connectivity index (χ1) is 14.1. The van der Waals surface area contributed by atoms with Gasteiger partial charge in [0.25, 0.3) is 10.0 Å². The highest BCUT2D eigenvalue weighted by Gasteiger charge is 2.35. The molecule has 30 heavy (non-hydrogen) atoms. The third-order valence-corrected chi connectivity index (χ3v) is 6.07. The van der Waals surface area contributed by atoms with Crippen molar-refractivity contribution >= 4 is 27.3 Å². The zero-order chi connectivity index (χ0) is 21.7. The summed E-state index contributed by atoms with van der Waals surface area (Å²) in [5.41, 5.74) is -1.51. The number of sulfonamides is 1. The third-order valence-electron chi connectivity index (χ3n) is 4.65. The van der Waals surface area contributed by atoms with Gasteiger partial charge in [0.1, 0.15) is 0 Å². The Kier molecular flexibility index (Phi) is 4.50. The van der Waals surface area contributed by atoms with Crippen LogP contribution in [0.2, 0.25) is 0 Å². The van der Waals surface area contributed by atoms with E-state index in [4.69, 9.17) is 0 Å². The third kappa shape index (κ3) is 3.26. The summed E-state index contributed by atoms with van der Waals surface area (Å²) in [6.07, 6.45) is -4.65. The van der Waals surface area contributed by atoms with Gasteiger partial charge in [-0.3, -0.25) is 14.3 Å². The van der Waals surface area contributed by atoms with Crippen LogP contribution in [0.4, 0.5) is 18.9 Å². The Bertz CT molecular complexity index is 1310. The van der Waals surface area contributed by atoms with E-state index < -0.39 is 38.2 Å². The minimum Gasteiger partial charge on any atom is -0.289 e. The normalized spacial score (nSPS) is 13.6. The van der Waals surface area contributed by atoms with E-state index >= 15 is 0 Å². The average Bonchev–Trinajstić information content (AvgIpc) is 2.71. The Hall–Kier alpha value is -3.46. The molecule has 0 spiro atoms. The van der Waals surface area contributed by atoms with Crippen molar-refractivity contribution in [2.45, 2.75) is 11.1 Å². The predicted molar refractivity (Wildman–Crippen MR) is 102 cm³/mol. The number of carbonyl (C=O) groups excluding carboxylic acids is 2. The molecule has 9 heteroatoms. The van der Waals surface area contributed by atoms with E-state index in [2.05, 4.69) is 4.72 Å². The minimum atomic E-state index is -4.65. The lowest BCUT2D eigenvalue weighted by molar-refractivity contribution is -0.137. The molecular formula is C21H12F3NO4S. The van der Waals surface area contributed by atoms with Crippen molar-refractivity contribution in [3.05, 3.63) is 94.5 Å². The van der Waals surface area contributed by atoms with E-state index in [0.717, 1.165) is 24.3 Å². The second kappa shape index (κ2) is 6.81. The molecule has 4 rings (SSSR count). The first-order valence-electron chi connectivity index (χ1n) is 8.61. The lowest BCUT2D eigenvalue weighted by atomic mass is 9.84. The van der Waals surface area contributed by atoms with Gasteiger partial charge in [0.2, 0.25) is 0 Å². The van der Waals surface area contributed by atoms with E-state index in [1.54, 1.807) is 12.1 Å². The summed E-state index contributed by atoms with van der Waals surface area (Å²) in [4.78, 5) is 25.2. The van der Waals surface area contributed by atoms with Crippen molar-refractivity contribution in [3.63, 3.8) is 0 Å². The van der Waals surface area contributed by atoms with Crippen LogP contribution in [-0.2, 0) is 16.2 Å². The second-order valence-electron chi connectivity index (χ2n) is 6.57. The smallest absolute Gasteiger partial charge is 0.289 e. The van der Waals surface area contributed by atoms with Crippen LogP contribution in [0.5, 0.6) is 0 Å². The molecule has 0 unspecified atom stereocenters. The summed E-state index contributed by atoms with van der Waals surface area (Å²) in [5, 5.41) is 0. The van der Waals surface area contributed by atoms with E-state index in [1.807, 2.05) is 0 Å². The van der Waals surface area contributed by atoms with Gasteiger partial charge in [-0.05, 0) is 24.3 Å². The van der Waals surface area contributed by atoms with Gasteiger partial charge in [0.05, 0.1) is 16.0 Å². The number of carbonyl (C=O) groups is 2. The fourth-order valence-electron chi connectivity index (χ4n) is 3.31. The molecular weight excluding hydrogens is 419 g/mol. The Labute approximate surface area is 169 Å². The average molecular weight is 431 g/mol. The van der Waals surface area contributed by atoms with E-state index in [9.17, 15) is 31.2 Å². The van der Waals surface area contributed by atoms with Crippen molar-refractivity contribution in [3.8, 4) is 0 Å². The van der Waals surface area contributed by atoms with Gasteiger partial charge >= 0.3 is 6.18 Å². The topological polar surface area (TPSA) is 80.3 Å². The predicted octanol–water partition coefficient (Wildman–Crippen LogP) is 4.28. The molecule has 1 aliphatic carbocycles. The zero-order valence-electron chi connectivity index (χ0n) is 15.0. The second-order valence-corrected chi connectivity index (χ2v) is 8.22. The highest BCUT2D eigenvalue weighted by molar-refractivity contribution is 7.92. The number of alkyl halides is 3. The van der Waals surface area contributed by atoms with Crippen molar-refractivity contribution in [2.24, 2.45) is 0 Å². The maximum atomic E-state index is 13.0. The molecule has 0 amide bonds. The van der Waals surface area contributed by atoms with Gasteiger partial charge in [-0.1, -0.05) is 42.5 Å². The summed E-state index contributed by atoms with van der Waals surface area (Å²) in [7, 11) is -4.47. The van der Waals surface area contributed by atoms with Crippen molar-refractivity contribution in [1.29, 1.82) is 0 Å². The molecule has 3 aromatic carbocycles. The molecule has 0 atom stereocenters. The van der Waals surface area contributed by atoms with Crippen molar-refractivity contribution < 1.29 is 31.2 Å². The molecule has 0 heterocycles. The van der Waals surface area contributed by atoms with Gasteiger partial charge in [-0.2, -0.15) is 13.2 Å². The lowest BCUT2D eigenvalue weighted by Gasteiger charge is -2.20. The maximum Gasteiger partial charge on any atom is 0.416 e. The standard InChI is InChI=1S/C21H12F3NO4S/c22-21(23,24)12-5-3-6-13(11-12)25-30(28,29)17-10-4-9-16-18(17)20(27)15-8-2-1-7-14(15)19(16)26/h1-11,25H. The molecule has 0 saturated carbocycles. The van der Waals surface area contributed by atoms with Crippen LogP contribution in [0.25, 0.3) is 0 Å². The molecule has 5 nitrogen and oxygen atoms in total. The van der Waals surface area contributed by atoms with Crippen LogP contribution in [0.3, 0.4) is 0 Å². The number of anilines is 1. The lowest BCUT2D eigenvalue weighted by Crippen LogP contribution is -2.25. The zero-order valence-corrected chi connectivity index (χ0v) is 15.8. The summed E-state index contributed by atoms with van der Waals surface area (Å²) in [6.45, 7) is 0. The van der Waals surface area contributed by atoms with E-state index in [0.29, 0.717) is 6.07 Å². The SMILES string of the molecule is O=C1c2ccccc2C(=O)c2c1cccc2S(=O)(=O)Nc1cccc(C(F)(F)F)c1. The van der Waals surface area contributed by atoms with Crippen LogP contribution in [0.15, 0.2) is 71.6 Å². The van der Waals surface area contributed by atoms with Crippen molar-refractivity contribution in [2.75, 3.05) is 4.72 Å². The maximum absolute atomic E-state index is 13.0. The van der Waals surface area contributed by atoms with Crippen LogP contribution in [0.1, 0.15) is 37.4 Å².